The first kappa shape index (κ1) is 12.5. The second-order valence-corrected chi connectivity index (χ2v) is 5.75. The van der Waals surface area contributed by atoms with Gasteiger partial charge in [0.1, 0.15) is 5.69 Å². The molecule has 1 amide bonds. The second kappa shape index (κ2) is 5.21. The zero-order chi connectivity index (χ0) is 13.2. The van der Waals surface area contributed by atoms with Crippen LogP contribution in [0.15, 0.2) is 34.9 Å². The van der Waals surface area contributed by atoms with Crippen LogP contribution in [0.1, 0.15) is 34.5 Å². The van der Waals surface area contributed by atoms with Crippen LogP contribution in [0.2, 0.25) is 0 Å². The van der Waals surface area contributed by atoms with E-state index in [1.165, 1.54) is 24.0 Å². The number of carbonyl (C=O) groups is 1. The lowest BCUT2D eigenvalue weighted by Crippen LogP contribution is -2.15. The van der Waals surface area contributed by atoms with Gasteiger partial charge in [-0.25, -0.2) is 0 Å². The van der Waals surface area contributed by atoms with E-state index in [-0.39, 0.29) is 5.91 Å². The molecule has 2 aromatic rings. The normalized spacial score (nSPS) is 13.9. The van der Waals surface area contributed by atoms with Crippen LogP contribution >= 0.6 is 15.9 Å². The summed E-state index contributed by atoms with van der Waals surface area (Å²) in [7, 11) is 0. The number of hydrogen-bond donors (Lipinski definition) is 2. The van der Waals surface area contributed by atoms with E-state index in [4.69, 9.17) is 0 Å². The SMILES string of the molecule is O=C(Nc1cccc2c1CCCC2)c1cc(Br)c[nH]1. The second-order valence-electron chi connectivity index (χ2n) is 4.84. The molecule has 1 heterocycles. The molecular formula is C15H15BrN2O. The zero-order valence-electron chi connectivity index (χ0n) is 10.5. The Hall–Kier alpha value is -1.55. The van der Waals surface area contributed by atoms with E-state index in [1.807, 2.05) is 12.1 Å². The third-order valence-corrected chi connectivity index (χ3v) is 3.99. The summed E-state index contributed by atoms with van der Waals surface area (Å²) in [6, 6.07) is 7.95. The van der Waals surface area contributed by atoms with E-state index in [1.54, 1.807) is 12.3 Å². The molecule has 1 aromatic carbocycles. The lowest BCUT2D eigenvalue weighted by Gasteiger charge is -2.19. The first-order valence-electron chi connectivity index (χ1n) is 6.50. The summed E-state index contributed by atoms with van der Waals surface area (Å²) in [5, 5.41) is 3.01. The Morgan fingerprint density at radius 1 is 1.26 bits per heavy atom. The number of nitrogens with one attached hydrogen (secondary N) is 2. The number of hydrogen-bond acceptors (Lipinski definition) is 1. The molecule has 0 saturated heterocycles. The Kier molecular flexibility index (Phi) is 3.42. The van der Waals surface area contributed by atoms with Crippen molar-refractivity contribution in [2.75, 3.05) is 5.32 Å². The maximum absolute atomic E-state index is 12.2. The van der Waals surface area contributed by atoms with Crippen LogP contribution in [0, 0.1) is 0 Å². The number of H-pyrrole nitrogens is 1. The molecule has 3 rings (SSSR count). The maximum atomic E-state index is 12.2. The van der Waals surface area contributed by atoms with Gasteiger partial charge < -0.3 is 10.3 Å². The van der Waals surface area contributed by atoms with Crippen LogP contribution < -0.4 is 5.32 Å². The average molecular weight is 319 g/mol. The number of halogens is 1. The molecule has 3 nitrogen and oxygen atoms in total. The summed E-state index contributed by atoms with van der Waals surface area (Å²) in [5.41, 5.74) is 4.19. The summed E-state index contributed by atoms with van der Waals surface area (Å²) in [4.78, 5) is 15.1. The molecule has 98 valence electrons. The summed E-state index contributed by atoms with van der Waals surface area (Å²) >= 11 is 3.33. The number of aromatic nitrogens is 1. The van der Waals surface area contributed by atoms with Gasteiger partial charge in [-0.15, -0.1) is 0 Å². The molecule has 1 aromatic heterocycles. The van der Waals surface area contributed by atoms with Gasteiger partial charge in [0.2, 0.25) is 0 Å². The number of aryl methyl sites for hydroxylation is 1. The van der Waals surface area contributed by atoms with Crippen molar-refractivity contribution in [3.63, 3.8) is 0 Å². The number of carbonyl (C=O) groups excluding carboxylic acids is 1. The van der Waals surface area contributed by atoms with Crippen LogP contribution in [-0.2, 0) is 12.8 Å². The van der Waals surface area contributed by atoms with E-state index in [9.17, 15) is 4.79 Å². The van der Waals surface area contributed by atoms with Crippen molar-refractivity contribution in [2.45, 2.75) is 25.7 Å². The fourth-order valence-electron chi connectivity index (χ4n) is 2.59. The zero-order valence-corrected chi connectivity index (χ0v) is 12.1. The number of amides is 1. The minimum absolute atomic E-state index is 0.0929. The molecule has 0 radical (unpaired) electrons. The molecule has 0 fully saturated rings. The van der Waals surface area contributed by atoms with Crippen molar-refractivity contribution in [1.82, 2.24) is 4.98 Å². The van der Waals surface area contributed by atoms with Crippen LogP contribution in [-0.4, -0.2) is 10.9 Å². The molecule has 1 aliphatic carbocycles. The summed E-state index contributed by atoms with van der Waals surface area (Å²) in [5.74, 6) is -0.0929. The molecule has 0 unspecified atom stereocenters. The summed E-state index contributed by atoms with van der Waals surface area (Å²) in [6.45, 7) is 0. The van der Waals surface area contributed by atoms with Gasteiger partial charge in [-0.1, -0.05) is 12.1 Å². The van der Waals surface area contributed by atoms with Gasteiger partial charge in [-0.05, 0) is 64.9 Å². The van der Waals surface area contributed by atoms with Gasteiger partial charge in [0, 0.05) is 16.4 Å². The minimum Gasteiger partial charge on any atom is -0.356 e. The summed E-state index contributed by atoms with van der Waals surface area (Å²) in [6.07, 6.45) is 6.38. The monoisotopic (exact) mass is 318 g/mol. The largest absolute Gasteiger partial charge is 0.356 e. The molecule has 0 spiro atoms. The fourth-order valence-corrected chi connectivity index (χ4v) is 2.93. The molecule has 1 aliphatic rings. The fraction of sp³-hybridized carbons (Fsp3) is 0.267. The topological polar surface area (TPSA) is 44.9 Å². The Morgan fingerprint density at radius 3 is 2.89 bits per heavy atom. The van der Waals surface area contributed by atoms with E-state index in [0.29, 0.717) is 5.69 Å². The highest BCUT2D eigenvalue weighted by Crippen LogP contribution is 2.28. The van der Waals surface area contributed by atoms with Gasteiger partial charge in [0.05, 0.1) is 0 Å². The minimum atomic E-state index is -0.0929. The van der Waals surface area contributed by atoms with Gasteiger partial charge in [-0.3, -0.25) is 4.79 Å². The van der Waals surface area contributed by atoms with E-state index in [0.717, 1.165) is 23.0 Å². The molecule has 2 N–H and O–H groups in total. The lowest BCUT2D eigenvalue weighted by molar-refractivity contribution is 0.102. The molecule has 0 aliphatic heterocycles. The van der Waals surface area contributed by atoms with Gasteiger partial charge in [-0.2, -0.15) is 0 Å². The Morgan fingerprint density at radius 2 is 2.11 bits per heavy atom. The number of fused-ring (bicyclic) bond motifs is 1. The number of aromatic amines is 1. The van der Waals surface area contributed by atoms with Crippen molar-refractivity contribution in [3.05, 3.63) is 51.8 Å². The number of benzene rings is 1. The predicted octanol–water partition coefficient (Wildman–Crippen LogP) is 3.91. The highest BCUT2D eigenvalue weighted by molar-refractivity contribution is 9.10. The van der Waals surface area contributed by atoms with Crippen molar-refractivity contribution >= 4 is 27.5 Å². The van der Waals surface area contributed by atoms with Gasteiger partial charge in [0.25, 0.3) is 5.91 Å². The predicted molar refractivity (Wildman–Crippen MR) is 79.5 cm³/mol. The van der Waals surface area contributed by atoms with Crippen molar-refractivity contribution in [3.8, 4) is 0 Å². The molecule has 0 bridgehead atoms. The first-order chi connectivity index (χ1) is 9.24. The average Bonchev–Trinajstić information content (AvgIpc) is 2.86. The van der Waals surface area contributed by atoms with Crippen molar-refractivity contribution in [2.24, 2.45) is 0 Å². The molecular weight excluding hydrogens is 304 g/mol. The van der Waals surface area contributed by atoms with Crippen LogP contribution in [0.25, 0.3) is 0 Å². The van der Waals surface area contributed by atoms with E-state index >= 15 is 0 Å². The summed E-state index contributed by atoms with van der Waals surface area (Å²) < 4.78 is 0.882. The third-order valence-electron chi connectivity index (χ3n) is 3.54. The molecule has 19 heavy (non-hydrogen) atoms. The van der Waals surface area contributed by atoms with E-state index < -0.39 is 0 Å². The first-order valence-corrected chi connectivity index (χ1v) is 7.29. The molecule has 4 heteroatoms. The van der Waals surface area contributed by atoms with Gasteiger partial charge in [0.15, 0.2) is 0 Å². The van der Waals surface area contributed by atoms with Crippen LogP contribution in [0.4, 0.5) is 5.69 Å². The number of rotatable bonds is 2. The Balaban J connectivity index is 1.85. The number of anilines is 1. The third kappa shape index (κ3) is 2.59. The Bertz CT molecular complexity index is 618. The highest BCUT2D eigenvalue weighted by Gasteiger charge is 2.15. The van der Waals surface area contributed by atoms with Crippen LogP contribution in [0.5, 0.6) is 0 Å². The smallest absolute Gasteiger partial charge is 0.272 e. The maximum Gasteiger partial charge on any atom is 0.272 e. The van der Waals surface area contributed by atoms with Crippen molar-refractivity contribution < 1.29 is 4.79 Å². The standard InChI is InChI=1S/C15H15BrN2O/c16-11-8-14(17-9-11)15(19)18-13-7-3-5-10-4-1-2-6-12(10)13/h3,5,7-9,17H,1-2,4,6H2,(H,18,19). The van der Waals surface area contributed by atoms with Crippen molar-refractivity contribution in [1.29, 1.82) is 0 Å². The quantitative estimate of drug-likeness (QED) is 0.866. The highest BCUT2D eigenvalue weighted by atomic mass is 79.9. The van der Waals surface area contributed by atoms with Crippen LogP contribution in [0.3, 0.4) is 0 Å². The van der Waals surface area contributed by atoms with E-state index in [2.05, 4.69) is 32.3 Å². The Labute approximate surface area is 120 Å². The van der Waals surface area contributed by atoms with Gasteiger partial charge >= 0.3 is 0 Å². The lowest BCUT2D eigenvalue weighted by atomic mass is 9.90. The molecule has 0 atom stereocenters. The molecule has 0 saturated carbocycles.